The van der Waals surface area contributed by atoms with Crippen molar-refractivity contribution < 1.29 is 4.74 Å². The number of benzene rings is 1. The zero-order valence-electron chi connectivity index (χ0n) is 13.0. The van der Waals surface area contributed by atoms with Gasteiger partial charge in [-0.25, -0.2) is 4.98 Å². The minimum atomic E-state index is 0.326. The van der Waals surface area contributed by atoms with Crippen LogP contribution in [0.25, 0.3) is 10.9 Å². The Bertz CT molecular complexity index is 643. The van der Waals surface area contributed by atoms with Gasteiger partial charge in [-0.2, -0.15) is 0 Å². The van der Waals surface area contributed by atoms with Gasteiger partial charge in [0.25, 0.3) is 0 Å². The number of likely N-dealkylation sites (tertiary alicyclic amines) is 1. The van der Waals surface area contributed by atoms with Crippen molar-refractivity contribution in [3.8, 4) is 5.75 Å². The molecule has 1 fully saturated rings. The lowest BCUT2D eigenvalue weighted by molar-refractivity contribution is 0.325. The Labute approximate surface area is 126 Å². The van der Waals surface area contributed by atoms with E-state index in [9.17, 15) is 0 Å². The van der Waals surface area contributed by atoms with E-state index in [2.05, 4.69) is 36.3 Å². The summed E-state index contributed by atoms with van der Waals surface area (Å²) in [6.07, 6.45) is 1.23. The average molecular weight is 285 g/mol. The van der Waals surface area contributed by atoms with Crippen molar-refractivity contribution in [1.29, 1.82) is 0 Å². The number of fused-ring (bicyclic) bond motifs is 1. The molecular weight excluding hydrogens is 262 g/mol. The molecule has 1 aromatic heterocycles. The van der Waals surface area contributed by atoms with Crippen LogP contribution in [0.2, 0.25) is 0 Å². The number of para-hydroxylation sites is 1. The van der Waals surface area contributed by atoms with E-state index in [-0.39, 0.29) is 0 Å². The second-order valence-electron chi connectivity index (χ2n) is 6.38. The third kappa shape index (κ3) is 2.95. The average Bonchev–Trinajstić information content (AvgIpc) is 2.84. The van der Waals surface area contributed by atoms with Crippen LogP contribution in [0, 0.1) is 5.41 Å². The lowest BCUT2D eigenvalue weighted by Gasteiger charge is -2.24. The maximum atomic E-state index is 5.40. The first-order valence-corrected chi connectivity index (χ1v) is 7.46. The molecular formula is C17H23N3O. The van der Waals surface area contributed by atoms with E-state index in [1.165, 1.54) is 13.0 Å². The van der Waals surface area contributed by atoms with E-state index in [0.717, 1.165) is 35.6 Å². The van der Waals surface area contributed by atoms with Gasteiger partial charge in [0.1, 0.15) is 17.1 Å². The second kappa shape index (κ2) is 5.53. The first-order chi connectivity index (χ1) is 10.1. The molecule has 1 N–H and O–H groups in total. The summed E-state index contributed by atoms with van der Waals surface area (Å²) in [5.41, 5.74) is 1.24. The Balaban J connectivity index is 1.78. The molecule has 1 atom stereocenters. The number of nitrogens with zero attached hydrogens (tertiary/aromatic N) is 2. The molecule has 4 heteroatoms. The molecule has 21 heavy (non-hydrogen) atoms. The van der Waals surface area contributed by atoms with Crippen LogP contribution in [0.5, 0.6) is 5.75 Å². The van der Waals surface area contributed by atoms with Gasteiger partial charge in [0.15, 0.2) is 0 Å². The second-order valence-corrected chi connectivity index (χ2v) is 6.38. The summed E-state index contributed by atoms with van der Waals surface area (Å²) in [5, 5.41) is 4.60. The Morgan fingerprint density at radius 1 is 1.33 bits per heavy atom. The van der Waals surface area contributed by atoms with Gasteiger partial charge in [-0.3, -0.25) is 0 Å². The van der Waals surface area contributed by atoms with Crippen LogP contribution in [-0.4, -0.2) is 43.7 Å². The van der Waals surface area contributed by atoms with Crippen molar-refractivity contribution >= 4 is 16.7 Å². The summed E-state index contributed by atoms with van der Waals surface area (Å²) in [4.78, 5) is 7.09. The van der Waals surface area contributed by atoms with Crippen LogP contribution in [-0.2, 0) is 0 Å². The first kappa shape index (κ1) is 14.1. The molecule has 0 radical (unpaired) electrons. The van der Waals surface area contributed by atoms with Crippen molar-refractivity contribution in [3.05, 3.63) is 30.3 Å². The number of methoxy groups -OCH3 is 1. The van der Waals surface area contributed by atoms with E-state index in [1.807, 2.05) is 18.2 Å². The first-order valence-electron chi connectivity index (χ1n) is 7.46. The number of rotatable bonds is 4. The molecule has 1 unspecified atom stereocenters. The zero-order chi connectivity index (χ0) is 14.9. The van der Waals surface area contributed by atoms with Crippen LogP contribution in [0.1, 0.15) is 13.3 Å². The fourth-order valence-electron chi connectivity index (χ4n) is 3.10. The quantitative estimate of drug-likeness (QED) is 0.937. The van der Waals surface area contributed by atoms with Gasteiger partial charge in [0.2, 0.25) is 0 Å². The Morgan fingerprint density at radius 2 is 2.19 bits per heavy atom. The largest absolute Gasteiger partial charge is 0.494 e. The number of nitrogens with one attached hydrogen (secondary N) is 1. The van der Waals surface area contributed by atoms with Crippen molar-refractivity contribution in [1.82, 2.24) is 9.88 Å². The molecule has 0 amide bonds. The number of aromatic nitrogens is 1. The summed E-state index contributed by atoms with van der Waals surface area (Å²) >= 11 is 0. The summed E-state index contributed by atoms with van der Waals surface area (Å²) in [7, 11) is 3.87. The highest BCUT2D eigenvalue weighted by molar-refractivity contribution is 5.85. The fraction of sp³-hybridized carbons (Fsp3) is 0.471. The SMILES string of the molecule is COc1cccc2ccc(NCC3(C)CCN(C)C3)nc12. The highest BCUT2D eigenvalue weighted by Crippen LogP contribution is 2.30. The van der Waals surface area contributed by atoms with E-state index in [4.69, 9.17) is 9.72 Å². The van der Waals surface area contributed by atoms with Gasteiger partial charge >= 0.3 is 0 Å². The molecule has 2 aromatic rings. The normalized spacial score (nSPS) is 22.6. The predicted molar refractivity (Wildman–Crippen MR) is 87.0 cm³/mol. The molecule has 1 saturated heterocycles. The molecule has 0 aliphatic carbocycles. The molecule has 1 aromatic carbocycles. The van der Waals surface area contributed by atoms with Crippen molar-refractivity contribution in [2.24, 2.45) is 5.41 Å². The van der Waals surface area contributed by atoms with E-state index in [1.54, 1.807) is 7.11 Å². The molecule has 112 valence electrons. The third-order valence-electron chi connectivity index (χ3n) is 4.35. The Kier molecular flexibility index (Phi) is 3.72. The molecule has 1 aliphatic rings. The van der Waals surface area contributed by atoms with E-state index >= 15 is 0 Å². The summed E-state index contributed by atoms with van der Waals surface area (Å²) in [5.74, 6) is 1.74. The smallest absolute Gasteiger partial charge is 0.145 e. The van der Waals surface area contributed by atoms with Gasteiger partial charge in [-0.05, 0) is 43.6 Å². The molecule has 0 spiro atoms. The minimum absolute atomic E-state index is 0.326. The molecule has 0 saturated carbocycles. The minimum Gasteiger partial charge on any atom is -0.494 e. The van der Waals surface area contributed by atoms with Crippen LogP contribution < -0.4 is 10.1 Å². The Morgan fingerprint density at radius 3 is 2.90 bits per heavy atom. The van der Waals surface area contributed by atoms with Crippen LogP contribution >= 0.6 is 0 Å². The maximum Gasteiger partial charge on any atom is 0.145 e. The molecule has 2 heterocycles. The van der Waals surface area contributed by atoms with Crippen LogP contribution in [0.15, 0.2) is 30.3 Å². The van der Waals surface area contributed by atoms with Crippen LogP contribution in [0.3, 0.4) is 0 Å². The highest BCUT2D eigenvalue weighted by Gasteiger charge is 2.31. The lowest BCUT2D eigenvalue weighted by Crippen LogP contribution is -2.29. The van der Waals surface area contributed by atoms with Crippen LogP contribution in [0.4, 0.5) is 5.82 Å². The number of ether oxygens (including phenoxy) is 1. The zero-order valence-corrected chi connectivity index (χ0v) is 13.0. The fourth-order valence-corrected chi connectivity index (χ4v) is 3.10. The number of pyridine rings is 1. The number of hydrogen-bond donors (Lipinski definition) is 1. The van der Waals surface area contributed by atoms with Gasteiger partial charge in [0.05, 0.1) is 7.11 Å². The topological polar surface area (TPSA) is 37.4 Å². The van der Waals surface area contributed by atoms with E-state index in [0.29, 0.717) is 5.41 Å². The van der Waals surface area contributed by atoms with Crippen molar-refractivity contribution in [2.45, 2.75) is 13.3 Å². The lowest BCUT2D eigenvalue weighted by atomic mass is 9.90. The summed E-state index contributed by atoms with van der Waals surface area (Å²) in [6.45, 7) is 5.60. The Hall–Kier alpha value is -1.81. The van der Waals surface area contributed by atoms with Gasteiger partial charge in [0, 0.05) is 18.5 Å². The van der Waals surface area contributed by atoms with Gasteiger partial charge in [-0.1, -0.05) is 19.1 Å². The summed E-state index contributed by atoms with van der Waals surface area (Å²) < 4.78 is 5.40. The molecule has 3 rings (SSSR count). The van der Waals surface area contributed by atoms with Gasteiger partial charge in [-0.15, -0.1) is 0 Å². The highest BCUT2D eigenvalue weighted by atomic mass is 16.5. The standard InChI is InChI=1S/C17H23N3O/c1-17(9-10-20(2)12-17)11-18-15-8-7-13-5-4-6-14(21-3)16(13)19-15/h4-8H,9-12H2,1-3H3,(H,18,19). The van der Waals surface area contributed by atoms with Gasteiger partial charge < -0.3 is 15.0 Å². The van der Waals surface area contributed by atoms with Crippen molar-refractivity contribution in [2.75, 3.05) is 39.1 Å². The molecule has 4 nitrogen and oxygen atoms in total. The monoisotopic (exact) mass is 285 g/mol. The molecule has 1 aliphatic heterocycles. The van der Waals surface area contributed by atoms with Crippen molar-refractivity contribution in [3.63, 3.8) is 0 Å². The third-order valence-corrected chi connectivity index (χ3v) is 4.35. The molecule has 0 bridgehead atoms. The maximum absolute atomic E-state index is 5.40. The summed E-state index contributed by atoms with van der Waals surface area (Å²) in [6, 6.07) is 10.1. The number of hydrogen-bond acceptors (Lipinski definition) is 4. The predicted octanol–water partition coefficient (Wildman–Crippen LogP) is 3.00. The number of anilines is 1. The van der Waals surface area contributed by atoms with E-state index < -0.39 is 0 Å².